The van der Waals surface area contributed by atoms with E-state index >= 15 is 0 Å². The lowest BCUT2D eigenvalue weighted by molar-refractivity contribution is 0.0946. The number of aromatic nitrogens is 2. The van der Waals surface area contributed by atoms with E-state index < -0.39 is 5.54 Å². The molecule has 0 aliphatic heterocycles. The molecular formula is C10H18N4O. The Kier molecular flexibility index (Phi) is 3.47. The summed E-state index contributed by atoms with van der Waals surface area (Å²) in [5, 5.41) is 6.78. The summed E-state index contributed by atoms with van der Waals surface area (Å²) in [6.45, 7) is 6.90. The van der Waals surface area contributed by atoms with Crippen LogP contribution in [-0.2, 0) is 6.54 Å². The number of nitrogens with two attached hydrogens (primary N) is 1. The summed E-state index contributed by atoms with van der Waals surface area (Å²) in [6, 6.07) is 0. The van der Waals surface area contributed by atoms with Gasteiger partial charge in [-0.15, -0.1) is 0 Å². The molecule has 1 rings (SSSR count). The Hall–Kier alpha value is -1.36. The van der Waals surface area contributed by atoms with Crippen molar-refractivity contribution in [3.63, 3.8) is 0 Å². The minimum atomic E-state index is -0.392. The number of rotatable bonds is 4. The van der Waals surface area contributed by atoms with Crippen LogP contribution < -0.4 is 11.1 Å². The van der Waals surface area contributed by atoms with Crippen LogP contribution in [0.25, 0.3) is 0 Å². The molecule has 3 N–H and O–H groups in total. The lowest BCUT2D eigenvalue weighted by atomic mass is 10.1. The Bertz CT molecular complexity index is 337. The van der Waals surface area contributed by atoms with Crippen LogP contribution in [0.1, 0.15) is 31.1 Å². The van der Waals surface area contributed by atoms with Crippen LogP contribution in [0, 0.1) is 0 Å². The minimum absolute atomic E-state index is 0.131. The van der Waals surface area contributed by atoms with Gasteiger partial charge in [-0.1, -0.05) is 0 Å². The summed E-state index contributed by atoms with van der Waals surface area (Å²) in [6.07, 6.45) is 3.28. The van der Waals surface area contributed by atoms with E-state index in [1.165, 1.54) is 0 Å². The smallest absolute Gasteiger partial charge is 0.254 e. The Balaban J connectivity index is 2.54. The van der Waals surface area contributed by atoms with Crippen LogP contribution in [0.2, 0.25) is 0 Å². The van der Waals surface area contributed by atoms with E-state index in [0.29, 0.717) is 12.1 Å². The number of amides is 1. The number of nitrogens with one attached hydrogen (secondary N) is 1. The Labute approximate surface area is 89.6 Å². The number of aryl methyl sites for hydroxylation is 1. The zero-order valence-electron chi connectivity index (χ0n) is 9.45. The van der Waals surface area contributed by atoms with Gasteiger partial charge in [0.05, 0.1) is 11.8 Å². The van der Waals surface area contributed by atoms with Crippen molar-refractivity contribution in [1.29, 1.82) is 0 Å². The summed E-state index contributed by atoms with van der Waals surface area (Å²) >= 11 is 0. The van der Waals surface area contributed by atoms with Gasteiger partial charge in [-0.25, -0.2) is 0 Å². The monoisotopic (exact) mass is 210 g/mol. The molecule has 0 unspecified atom stereocenters. The summed E-state index contributed by atoms with van der Waals surface area (Å²) in [7, 11) is 0. The molecule has 1 aromatic rings. The summed E-state index contributed by atoms with van der Waals surface area (Å²) in [4.78, 5) is 11.6. The third kappa shape index (κ3) is 3.71. The van der Waals surface area contributed by atoms with E-state index in [9.17, 15) is 4.79 Å². The van der Waals surface area contributed by atoms with Crippen molar-refractivity contribution in [1.82, 2.24) is 15.1 Å². The molecule has 0 spiro atoms. The van der Waals surface area contributed by atoms with Crippen molar-refractivity contribution >= 4 is 5.91 Å². The maximum absolute atomic E-state index is 11.6. The molecule has 5 heteroatoms. The average molecular weight is 210 g/mol. The molecule has 0 saturated carbocycles. The Morgan fingerprint density at radius 1 is 1.67 bits per heavy atom. The molecular weight excluding hydrogens is 192 g/mol. The lowest BCUT2D eigenvalue weighted by Crippen LogP contribution is -2.45. The third-order valence-electron chi connectivity index (χ3n) is 1.92. The number of hydrogen-bond acceptors (Lipinski definition) is 3. The second-order valence-corrected chi connectivity index (χ2v) is 4.26. The minimum Gasteiger partial charge on any atom is -0.350 e. The first-order valence-electron chi connectivity index (χ1n) is 5.02. The SMILES string of the molecule is CCn1cc(C(=O)NCC(C)(C)N)cn1. The molecule has 0 fully saturated rings. The van der Waals surface area contributed by atoms with E-state index in [2.05, 4.69) is 10.4 Å². The second kappa shape index (κ2) is 4.44. The van der Waals surface area contributed by atoms with Crippen LogP contribution in [0.3, 0.4) is 0 Å². The molecule has 0 aliphatic rings. The molecule has 1 aromatic heterocycles. The standard InChI is InChI=1S/C10H18N4O/c1-4-14-6-8(5-13-14)9(15)12-7-10(2,3)11/h5-6H,4,7,11H2,1-3H3,(H,12,15). The lowest BCUT2D eigenvalue weighted by Gasteiger charge is -2.18. The van der Waals surface area contributed by atoms with E-state index in [4.69, 9.17) is 5.73 Å². The topological polar surface area (TPSA) is 72.9 Å². The first kappa shape index (κ1) is 11.7. The highest BCUT2D eigenvalue weighted by Crippen LogP contribution is 1.99. The van der Waals surface area contributed by atoms with Gasteiger partial charge in [0.15, 0.2) is 0 Å². The van der Waals surface area contributed by atoms with Gasteiger partial charge in [-0.05, 0) is 20.8 Å². The number of hydrogen-bond donors (Lipinski definition) is 2. The largest absolute Gasteiger partial charge is 0.350 e. The molecule has 0 atom stereocenters. The highest BCUT2D eigenvalue weighted by atomic mass is 16.1. The van der Waals surface area contributed by atoms with E-state index in [-0.39, 0.29) is 5.91 Å². The molecule has 15 heavy (non-hydrogen) atoms. The number of nitrogens with zero attached hydrogens (tertiary/aromatic N) is 2. The molecule has 5 nitrogen and oxygen atoms in total. The van der Waals surface area contributed by atoms with Gasteiger partial charge in [-0.2, -0.15) is 5.10 Å². The van der Waals surface area contributed by atoms with Gasteiger partial charge in [0.25, 0.3) is 5.91 Å². The first-order valence-corrected chi connectivity index (χ1v) is 5.02. The normalized spacial score (nSPS) is 11.5. The van der Waals surface area contributed by atoms with Crippen molar-refractivity contribution in [2.75, 3.05) is 6.54 Å². The van der Waals surface area contributed by atoms with Gasteiger partial charge in [0.2, 0.25) is 0 Å². The van der Waals surface area contributed by atoms with Crippen LogP contribution >= 0.6 is 0 Å². The zero-order chi connectivity index (χ0) is 11.5. The van der Waals surface area contributed by atoms with Gasteiger partial charge in [0, 0.05) is 24.8 Å². The molecule has 1 heterocycles. The molecule has 0 aromatic carbocycles. The van der Waals surface area contributed by atoms with Crippen molar-refractivity contribution in [2.45, 2.75) is 32.9 Å². The number of carbonyl (C=O) groups excluding carboxylic acids is 1. The maximum atomic E-state index is 11.6. The molecule has 0 radical (unpaired) electrons. The summed E-state index contributed by atoms with van der Waals surface area (Å²) in [5.74, 6) is -0.131. The van der Waals surface area contributed by atoms with Crippen LogP contribution in [0.5, 0.6) is 0 Å². The van der Waals surface area contributed by atoms with Gasteiger partial charge >= 0.3 is 0 Å². The Morgan fingerprint density at radius 2 is 2.33 bits per heavy atom. The molecule has 0 saturated heterocycles. The fourth-order valence-electron chi connectivity index (χ4n) is 1.06. The summed E-state index contributed by atoms with van der Waals surface area (Å²) in [5.41, 5.74) is 5.94. The molecule has 0 bridgehead atoms. The average Bonchev–Trinajstić information content (AvgIpc) is 2.61. The number of carbonyl (C=O) groups is 1. The maximum Gasteiger partial charge on any atom is 0.254 e. The highest BCUT2D eigenvalue weighted by molar-refractivity contribution is 5.93. The summed E-state index contributed by atoms with van der Waals surface area (Å²) < 4.78 is 1.71. The van der Waals surface area contributed by atoms with E-state index in [1.54, 1.807) is 17.1 Å². The molecule has 1 amide bonds. The van der Waals surface area contributed by atoms with E-state index in [0.717, 1.165) is 6.54 Å². The van der Waals surface area contributed by atoms with Crippen LogP contribution in [-0.4, -0.2) is 27.8 Å². The van der Waals surface area contributed by atoms with Crippen LogP contribution in [0.4, 0.5) is 0 Å². The quantitative estimate of drug-likeness (QED) is 0.754. The van der Waals surface area contributed by atoms with E-state index in [1.807, 2.05) is 20.8 Å². The Morgan fingerprint density at radius 3 is 2.80 bits per heavy atom. The van der Waals surface area contributed by atoms with Crippen molar-refractivity contribution in [2.24, 2.45) is 5.73 Å². The van der Waals surface area contributed by atoms with Crippen molar-refractivity contribution in [3.8, 4) is 0 Å². The first-order chi connectivity index (χ1) is 6.92. The zero-order valence-corrected chi connectivity index (χ0v) is 9.45. The second-order valence-electron chi connectivity index (χ2n) is 4.26. The van der Waals surface area contributed by atoms with Crippen molar-refractivity contribution < 1.29 is 4.79 Å². The fraction of sp³-hybridized carbons (Fsp3) is 0.600. The predicted octanol–water partition coefficient (Wildman–Crippen LogP) is 0.370. The molecule has 0 aliphatic carbocycles. The fourth-order valence-corrected chi connectivity index (χ4v) is 1.06. The van der Waals surface area contributed by atoms with Crippen LogP contribution in [0.15, 0.2) is 12.4 Å². The highest BCUT2D eigenvalue weighted by Gasteiger charge is 2.14. The van der Waals surface area contributed by atoms with Gasteiger partial charge in [0.1, 0.15) is 0 Å². The van der Waals surface area contributed by atoms with Gasteiger partial charge < -0.3 is 11.1 Å². The van der Waals surface area contributed by atoms with Gasteiger partial charge in [-0.3, -0.25) is 9.48 Å². The van der Waals surface area contributed by atoms with Crippen molar-refractivity contribution in [3.05, 3.63) is 18.0 Å². The molecule has 84 valence electrons. The predicted molar refractivity (Wildman–Crippen MR) is 58.5 cm³/mol. The third-order valence-corrected chi connectivity index (χ3v) is 1.92.